The second-order valence-corrected chi connectivity index (χ2v) is 12.6. The van der Waals surface area contributed by atoms with E-state index in [0.717, 1.165) is 19.3 Å². The highest BCUT2D eigenvalue weighted by Gasteiger charge is 2.28. The quantitative estimate of drug-likeness (QED) is 0.362. The predicted molar refractivity (Wildman–Crippen MR) is 150 cm³/mol. The van der Waals surface area contributed by atoms with E-state index in [1.165, 1.54) is 74.2 Å². The highest BCUT2D eigenvalue weighted by atomic mass is 32.2. The third kappa shape index (κ3) is 6.32. The molecule has 214 valence electrons. The molecule has 40 heavy (non-hydrogen) atoms. The van der Waals surface area contributed by atoms with Gasteiger partial charge >= 0.3 is 0 Å². The van der Waals surface area contributed by atoms with Gasteiger partial charge in [0.05, 0.1) is 42.4 Å². The number of piperidine rings is 1. The van der Waals surface area contributed by atoms with Crippen LogP contribution in [0.3, 0.4) is 0 Å². The van der Waals surface area contributed by atoms with Gasteiger partial charge in [0, 0.05) is 24.8 Å². The van der Waals surface area contributed by atoms with Crippen molar-refractivity contribution in [3.63, 3.8) is 0 Å². The molecule has 1 amide bonds. The van der Waals surface area contributed by atoms with Crippen molar-refractivity contribution in [2.24, 2.45) is 0 Å². The predicted octanol–water partition coefficient (Wildman–Crippen LogP) is 3.94. The molecule has 1 saturated heterocycles. The van der Waals surface area contributed by atoms with Crippen molar-refractivity contribution in [1.29, 1.82) is 0 Å². The van der Waals surface area contributed by atoms with Gasteiger partial charge in [-0.15, -0.1) is 0 Å². The van der Waals surface area contributed by atoms with Gasteiger partial charge in [-0.05, 0) is 67.4 Å². The Labute approximate surface area is 234 Å². The normalized spacial score (nSPS) is 14.3. The molecule has 2 N–H and O–H groups in total. The van der Waals surface area contributed by atoms with E-state index in [1.807, 2.05) is 0 Å². The summed E-state index contributed by atoms with van der Waals surface area (Å²) in [6.45, 7) is 0.870. The number of anilines is 2. The zero-order valence-electron chi connectivity index (χ0n) is 22.3. The summed E-state index contributed by atoms with van der Waals surface area (Å²) >= 11 is 0. The van der Waals surface area contributed by atoms with Gasteiger partial charge in [-0.25, -0.2) is 16.8 Å². The summed E-state index contributed by atoms with van der Waals surface area (Å²) in [6.07, 6.45) is 2.56. The number of ether oxygens (including phenoxy) is 3. The molecule has 4 rings (SSSR count). The fourth-order valence-corrected chi connectivity index (χ4v) is 6.90. The molecular formula is C27H31N3O8S2. The van der Waals surface area contributed by atoms with E-state index in [1.54, 1.807) is 12.1 Å². The maximum Gasteiger partial charge on any atom is 0.262 e. The number of carbonyl (C=O) groups is 1. The number of carbonyl (C=O) groups excluding carboxylic acids is 1. The first kappa shape index (κ1) is 29.2. The van der Waals surface area contributed by atoms with Crippen LogP contribution in [0.5, 0.6) is 17.2 Å². The minimum Gasteiger partial charge on any atom is -0.497 e. The summed E-state index contributed by atoms with van der Waals surface area (Å²) in [5.41, 5.74) is 0.532. The van der Waals surface area contributed by atoms with Gasteiger partial charge in [0.2, 0.25) is 10.0 Å². The Morgan fingerprint density at radius 2 is 1.38 bits per heavy atom. The third-order valence-corrected chi connectivity index (χ3v) is 9.72. The van der Waals surface area contributed by atoms with Crippen LogP contribution in [0.15, 0.2) is 70.5 Å². The third-order valence-electron chi connectivity index (χ3n) is 6.44. The van der Waals surface area contributed by atoms with Gasteiger partial charge in [-0.3, -0.25) is 9.52 Å². The molecule has 1 aliphatic heterocycles. The standard InChI is InChI=1S/C27H31N3O8S2/c1-36-20-9-13-26(38-3)24(17-20)29-39(32,33)21-10-7-19(8-11-21)28-27(31)23-18-22(12-14-25(23)37-2)40(34,35)30-15-5-4-6-16-30/h7-14,17-18,29H,4-6,15-16H2,1-3H3,(H,28,31). The summed E-state index contributed by atoms with van der Waals surface area (Å²) in [5, 5.41) is 2.67. The van der Waals surface area contributed by atoms with E-state index in [4.69, 9.17) is 14.2 Å². The van der Waals surface area contributed by atoms with Crippen LogP contribution < -0.4 is 24.2 Å². The molecule has 3 aromatic rings. The monoisotopic (exact) mass is 589 g/mol. The molecule has 0 unspecified atom stereocenters. The van der Waals surface area contributed by atoms with E-state index < -0.39 is 26.0 Å². The maximum absolute atomic E-state index is 13.1. The lowest BCUT2D eigenvalue weighted by Crippen LogP contribution is -2.35. The minimum absolute atomic E-state index is 0.000774. The lowest BCUT2D eigenvalue weighted by molar-refractivity contribution is 0.102. The zero-order valence-corrected chi connectivity index (χ0v) is 24.0. The molecule has 1 heterocycles. The Kier molecular flexibility index (Phi) is 8.86. The number of rotatable bonds is 10. The molecular weight excluding hydrogens is 558 g/mol. The average molecular weight is 590 g/mol. The van der Waals surface area contributed by atoms with Crippen LogP contribution in [-0.2, 0) is 20.0 Å². The van der Waals surface area contributed by atoms with Crippen molar-refractivity contribution < 1.29 is 35.8 Å². The molecule has 13 heteroatoms. The summed E-state index contributed by atoms with van der Waals surface area (Å²) in [4.78, 5) is 13.1. The van der Waals surface area contributed by atoms with Gasteiger partial charge in [-0.2, -0.15) is 4.31 Å². The Morgan fingerprint density at radius 1 is 0.750 bits per heavy atom. The minimum atomic E-state index is -4.00. The molecule has 3 aromatic carbocycles. The average Bonchev–Trinajstić information content (AvgIpc) is 2.97. The van der Waals surface area contributed by atoms with E-state index in [-0.39, 0.29) is 26.8 Å². The highest BCUT2D eigenvalue weighted by Crippen LogP contribution is 2.31. The molecule has 1 aliphatic rings. The molecule has 0 bridgehead atoms. The molecule has 0 radical (unpaired) electrons. The van der Waals surface area contributed by atoms with Gasteiger partial charge in [-0.1, -0.05) is 6.42 Å². The number of sulfonamides is 2. The fraction of sp³-hybridized carbons (Fsp3) is 0.296. The van der Waals surface area contributed by atoms with Crippen molar-refractivity contribution in [3.8, 4) is 17.2 Å². The Bertz CT molecular complexity index is 1580. The molecule has 0 spiro atoms. The largest absolute Gasteiger partial charge is 0.497 e. The first-order valence-electron chi connectivity index (χ1n) is 12.4. The van der Waals surface area contributed by atoms with E-state index >= 15 is 0 Å². The number of amides is 1. The van der Waals surface area contributed by atoms with Crippen LogP contribution in [0.2, 0.25) is 0 Å². The molecule has 0 aliphatic carbocycles. The molecule has 0 atom stereocenters. The molecule has 0 saturated carbocycles. The van der Waals surface area contributed by atoms with Crippen molar-refractivity contribution in [2.75, 3.05) is 44.5 Å². The van der Waals surface area contributed by atoms with Crippen molar-refractivity contribution in [2.45, 2.75) is 29.1 Å². The van der Waals surface area contributed by atoms with Crippen LogP contribution in [0, 0.1) is 0 Å². The van der Waals surface area contributed by atoms with Gasteiger partial charge in [0.25, 0.3) is 15.9 Å². The van der Waals surface area contributed by atoms with Crippen molar-refractivity contribution >= 4 is 37.3 Å². The first-order valence-corrected chi connectivity index (χ1v) is 15.4. The van der Waals surface area contributed by atoms with Gasteiger partial charge in [0.1, 0.15) is 17.2 Å². The number of nitrogens with one attached hydrogen (secondary N) is 2. The topological polar surface area (TPSA) is 140 Å². The number of benzene rings is 3. The number of methoxy groups -OCH3 is 3. The SMILES string of the molecule is COc1ccc(OC)c(NS(=O)(=O)c2ccc(NC(=O)c3cc(S(=O)(=O)N4CCCCC4)ccc3OC)cc2)c1. The van der Waals surface area contributed by atoms with E-state index in [2.05, 4.69) is 10.0 Å². The second kappa shape index (κ2) is 12.1. The number of hydrogen-bond acceptors (Lipinski definition) is 8. The summed E-state index contributed by atoms with van der Waals surface area (Å²) < 4.78 is 71.9. The van der Waals surface area contributed by atoms with Crippen LogP contribution in [0.4, 0.5) is 11.4 Å². The number of nitrogens with zero attached hydrogens (tertiary/aromatic N) is 1. The fourth-order valence-electron chi connectivity index (χ4n) is 4.29. The molecule has 11 nitrogen and oxygen atoms in total. The second-order valence-electron chi connectivity index (χ2n) is 8.98. The Morgan fingerprint density at radius 3 is 2.00 bits per heavy atom. The highest BCUT2D eigenvalue weighted by molar-refractivity contribution is 7.92. The summed E-state index contributed by atoms with van der Waals surface area (Å²) in [6, 6.07) is 14.4. The Hall–Kier alpha value is -3.81. The van der Waals surface area contributed by atoms with Crippen LogP contribution in [0.1, 0.15) is 29.6 Å². The van der Waals surface area contributed by atoms with Crippen molar-refractivity contribution in [3.05, 3.63) is 66.2 Å². The van der Waals surface area contributed by atoms with Crippen molar-refractivity contribution in [1.82, 2.24) is 4.31 Å². The first-order chi connectivity index (χ1) is 19.1. The van der Waals surface area contributed by atoms with Gasteiger partial charge in [0.15, 0.2) is 0 Å². The smallest absolute Gasteiger partial charge is 0.262 e. The van der Waals surface area contributed by atoms with E-state index in [9.17, 15) is 21.6 Å². The number of hydrogen-bond donors (Lipinski definition) is 2. The summed E-state index contributed by atoms with van der Waals surface area (Å²) in [7, 11) is -3.50. The Balaban J connectivity index is 1.53. The van der Waals surface area contributed by atoms with Crippen LogP contribution in [0.25, 0.3) is 0 Å². The zero-order chi connectivity index (χ0) is 28.9. The van der Waals surface area contributed by atoms with Crippen LogP contribution >= 0.6 is 0 Å². The molecule has 0 aromatic heterocycles. The lowest BCUT2D eigenvalue weighted by atomic mass is 10.2. The van der Waals surface area contributed by atoms with E-state index in [0.29, 0.717) is 30.3 Å². The molecule has 1 fully saturated rings. The summed E-state index contributed by atoms with van der Waals surface area (Å²) in [5.74, 6) is 0.347. The van der Waals surface area contributed by atoms with Gasteiger partial charge < -0.3 is 19.5 Å². The lowest BCUT2D eigenvalue weighted by Gasteiger charge is -2.26. The maximum atomic E-state index is 13.1. The van der Waals surface area contributed by atoms with Crippen LogP contribution in [-0.4, -0.2) is 61.5 Å².